The van der Waals surface area contributed by atoms with Crippen molar-refractivity contribution in [3.63, 3.8) is 0 Å². The van der Waals surface area contributed by atoms with Crippen LogP contribution in [0.3, 0.4) is 0 Å². The summed E-state index contributed by atoms with van der Waals surface area (Å²) in [4.78, 5) is 21.8. The van der Waals surface area contributed by atoms with Crippen LogP contribution in [0.15, 0.2) is 30.6 Å². The van der Waals surface area contributed by atoms with Crippen LogP contribution < -0.4 is 5.32 Å². The second-order valence-corrected chi connectivity index (χ2v) is 7.53. The molecule has 1 aromatic carbocycles. The molecule has 0 unspecified atom stereocenters. The second-order valence-electron chi connectivity index (χ2n) is 7.53. The van der Waals surface area contributed by atoms with Crippen LogP contribution in [-0.4, -0.2) is 27.0 Å². The Morgan fingerprint density at radius 2 is 1.96 bits per heavy atom. The van der Waals surface area contributed by atoms with E-state index in [4.69, 9.17) is 0 Å². The predicted octanol–water partition coefficient (Wildman–Crippen LogP) is 4.30. The van der Waals surface area contributed by atoms with E-state index in [1.54, 1.807) is 0 Å². The van der Waals surface area contributed by atoms with Crippen molar-refractivity contribution in [2.75, 3.05) is 6.54 Å². The lowest BCUT2D eigenvalue weighted by atomic mass is 10.0. The summed E-state index contributed by atoms with van der Waals surface area (Å²) in [7, 11) is 0. The molecule has 5 nitrogen and oxygen atoms in total. The number of imidazole rings is 1. The Morgan fingerprint density at radius 1 is 1.19 bits per heavy atom. The SMILES string of the molecule is Cc1cc(C)c2nc(C)cc(C(=O)NCCCn3ccnc3C(C)C)c2c1. The number of carbonyl (C=O) groups is 1. The average Bonchev–Trinajstić information content (AvgIpc) is 3.07. The number of nitrogens with zero attached hydrogens (tertiary/aromatic N) is 3. The molecule has 0 radical (unpaired) electrons. The lowest BCUT2D eigenvalue weighted by molar-refractivity contribution is 0.0954. The zero-order valence-corrected chi connectivity index (χ0v) is 16.8. The topological polar surface area (TPSA) is 59.8 Å². The van der Waals surface area contributed by atoms with Crippen LogP contribution in [0.5, 0.6) is 0 Å². The summed E-state index contributed by atoms with van der Waals surface area (Å²) >= 11 is 0. The molecule has 2 aromatic heterocycles. The summed E-state index contributed by atoms with van der Waals surface area (Å²) in [5.74, 6) is 1.44. The number of pyridine rings is 1. The number of amides is 1. The van der Waals surface area contributed by atoms with Gasteiger partial charge >= 0.3 is 0 Å². The summed E-state index contributed by atoms with van der Waals surface area (Å²) in [6.45, 7) is 11.8. The molecule has 1 amide bonds. The second kappa shape index (κ2) is 7.91. The maximum Gasteiger partial charge on any atom is 0.252 e. The smallest absolute Gasteiger partial charge is 0.252 e. The van der Waals surface area contributed by atoms with Crippen molar-refractivity contribution in [3.05, 3.63) is 58.8 Å². The maximum atomic E-state index is 12.8. The first-order valence-corrected chi connectivity index (χ1v) is 9.54. The van der Waals surface area contributed by atoms with Crippen LogP contribution in [0, 0.1) is 20.8 Å². The quantitative estimate of drug-likeness (QED) is 0.664. The van der Waals surface area contributed by atoms with Gasteiger partial charge in [0.1, 0.15) is 5.82 Å². The highest BCUT2D eigenvalue weighted by atomic mass is 16.1. The Morgan fingerprint density at radius 3 is 2.70 bits per heavy atom. The number of carbonyl (C=O) groups excluding carboxylic acids is 1. The lowest BCUT2D eigenvalue weighted by Gasteiger charge is -2.13. The molecule has 142 valence electrons. The fourth-order valence-corrected chi connectivity index (χ4v) is 3.55. The molecule has 2 heterocycles. The van der Waals surface area contributed by atoms with E-state index in [1.807, 2.05) is 45.3 Å². The van der Waals surface area contributed by atoms with Gasteiger partial charge in [-0.15, -0.1) is 0 Å². The van der Waals surface area contributed by atoms with E-state index in [9.17, 15) is 4.79 Å². The highest BCUT2D eigenvalue weighted by Crippen LogP contribution is 2.23. The van der Waals surface area contributed by atoms with Crippen LogP contribution in [0.1, 0.15) is 59.2 Å². The Bertz CT molecular complexity index is 972. The molecule has 0 atom stereocenters. The third-order valence-corrected chi connectivity index (χ3v) is 4.75. The van der Waals surface area contributed by atoms with Gasteiger partial charge < -0.3 is 9.88 Å². The van der Waals surface area contributed by atoms with E-state index in [1.165, 1.54) is 0 Å². The highest BCUT2D eigenvalue weighted by Gasteiger charge is 2.14. The molecule has 27 heavy (non-hydrogen) atoms. The molecular weight excluding hydrogens is 336 g/mol. The van der Waals surface area contributed by atoms with Crippen LogP contribution in [0.25, 0.3) is 10.9 Å². The molecule has 0 saturated carbocycles. The van der Waals surface area contributed by atoms with Crippen LogP contribution >= 0.6 is 0 Å². The van der Waals surface area contributed by atoms with Crippen molar-refractivity contribution in [1.82, 2.24) is 19.9 Å². The Hall–Kier alpha value is -2.69. The highest BCUT2D eigenvalue weighted by molar-refractivity contribution is 6.07. The molecule has 0 aliphatic carbocycles. The molecule has 0 fully saturated rings. The molecule has 0 bridgehead atoms. The minimum atomic E-state index is -0.0368. The largest absolute Gasteiger partial charge is 0.352 e. The first-order chi connectivity index (χ1) is 12.9. The van der Waals surface area contributed by atoms with Gasteiger partial charge in [0.25, 0.3) is 5.91 Å². The maximum absolute atomic E-state index is 12.8. The predicted molar refractivity (Wildman–Crippen MR) is 109 cm³/mol. The zero-order valence-electron chi connectivity index (χ0n) is 16.8. The van der Waals surface area contributed by atoms with Crippen molar-refractivity contribution in [2.45, 2.75) is 53.5 Å². The number of rotatable bonds is 6. The number of nitrogens with one attached hydrogen (secondary N) is 1. The summed E-state index contributed by atoms with van der Waals surface area (Å²) < 4.78 is 2.16. The third kappa shape index (κ3) is 4.18. The number of fused-ring (bicyclic) bond motifs is 1. The molecule has 0 spiro atoms. The van der Waals surface area contributed by atoms with Gasteiger partial charge in [-0.3, -0.25) is 9.78 Å². The monoisotopic (exact) mass is 364 g/mol. The van der Waals surface area contributed by atoms with E-state index in [2.05, 4.69) is 39.8 Å². The summed E-state index contributed by atoms with van der Waals surface area (Å²) in [6.07, 6.45) is 4.70. The Balaban J connectivity index is 1.70. The van der Waals surface area contributed by atoms with Crippen LogP contribution in [0.4, 0.5) is 0 Å². The Labute approximate surface area is 160 Å². The van der Waals surface area contributed by atoms with E-state index in [0.29, 0.717) is 18.0 Å². The van der Waals surface area contributed by atoms with Gasteiger partial charge in [0.05, 0.1) is 11.1 Å². The minimum Gasteiger partial charge on any atom is -0.352 e. The lowest BCUT2D eigenvalue weighted by Crippen LogP contribution is -2.26. The standard InChI is InChI=1S/C22H28N4O/c1-14(2)21-23-8-10-26(21)9-6-7-24-22(27)19-13-17(5)25-20-16(4)11-15(3)12-18(19)20/h8,10-14H,6-7,9H2,1-5H3,(H,24,27). The number of aryl methyl sites for hydroxylation is 4. The first kappa shape index (κ1) is 19.1. The van der Waals surface area contributed by atoms with E-state index < -0.39 is 0 Å². The van der Waals surface area contributed by atoms with Crippen molar-refractivity contribution in [1.29, 1.82) is 0 Å². The van der Waals surface area contributed by atoms with Gasteiger partial charge in [-0.25, -0.2) is 4.98 Å². The van der Waals surface area contributed by atoms with Crippen molar-refractivity contribution >= 4 is 16.8 Å². The number of aromatic nitrogens is 3. The molecule has 5 heteroatoms. The normalized spacial score (nSPS) is 11.3. The molecule has 0 aliphatic rings. The van der Waals surface area contributed by atoms with Crippen LogP contribution in [-0.2, 0) is 6.54 Å². The van der Waals surface area contributed by atoms with E-state index in [-0.39, 0.29) is 5.91 Å². The molecule has 1 N–H and O–H groups in total. The number of hydrogen-bond acceptors (Lipinski definition) is 3. The summed E-state index contributed by atoms with van der Waals surface area (Å²) in [5.41, 5.74) is 4.71. The molecule has 3 aromatic rings. The van der Waals surface area contributed by atoms with Gasteiger partial charge in [-0.1, -0.05) is 25.5 Å². The van der Waals surface area contributed by atoms with Crippen LogP contribution in [0.2, 0.25) is 0 Å². The van der Waals surface area contributed by atoms with E-state index in [0.717, 1.165) is 46.5 Å². The average molecular weight is 364 g/mol. The molecule has 0 saturated heterocycles. The molecular formula is C22H28N4O. The zero-order chi connectivity index (χ0) is 19.6. The van der Waals surface area contributed by atoms with Crippen molar-refractivity contribution in [2.24, 2.45) is 0 Å². The fraction of sp³-hybridized carbons (Fsp3) is 0.409. The van der Waals surface area contributed by atoms with Gasteiger partial charge in [-0.2, -0.15) is 0 Å². The first-order valence-electron chi connectivity index (χ1n) is 9.54. The summed E-state index contributed by atoms with van der Waals surface area (Å²) in [5, 5.41) is 3.99. The van der Waals surface area contributed by atoms with Gasteiger partial charge in [0.2, 0.25) is 0 Å². The van der Waals surface area contributed by atoms with Gasteiger partial charge in [-0.05, 0) is 44.9 Å². The fourth-order valence-electron chi connectivity index (χ4n) is 3.55. The molecule has 0 aliphatic heterocycles. The number of benzene rings is 1. The van der Waals surface area contributed by atoms with Gasteiger partial charge in [0.15, 0.2) is 0 Å². The minimum absolute atomic E-state index is 0.0368. The van der Waals surface area contributed by atoms with Gasteiger partial charge in [0, 0.05) is 42.5 Å². The Kier molecular flexibility index (Phi) is 5.59. The number of hydrogen-bond donors (Lipinski definition) is 1. The third-order valence-electron chi connectivity index (χ3n) is 4.75. The van der Waals surface area contributed by atoms with E-state index >= 15 is 0 Å². The van der Waals surface area contributed by atoms with Crippen molar-refractivity contribution in [3.8, 4) is 0 Å². The molecule has 3 rings (SSSR count). The summed E-state index contributed by atoms with van der Waals surface area (Å²) in [6, 6.07) is 6.03. The van der Waals surface area contributed by atoms with Crippen molar-refractivity contribution < 1.29 is 4.79 Å².